The van der Waals surface area contributed by atoms with Gasteiger partial charge in [0, 0.05) is 50.6 Å². The fourth-order valence-corrected chi connectivity index (χ4v) is 3.74. The molecule has 3 amide bonds. The molecule has 1 N–H and O–H groups in total. The molecule has 0 spiro atoms. The van der Waals surface area contributed by atoms with E-state index in [0.717, 1.165) is 25.7 Å². The predicted molar refractivity (Wildman–Crippen MR) is 98.5 cm³/mol. The average Bonchev–Trinajstić information content (AvgIpc) is 3.23. The van der Waals surface area contributed by atoms with E-state index in [-0.39, 0.29) is 30.1 Å². The van der Waals surface area contributed by atoms with E-state index in [1.807, 2.05) is 23.1 Å². The Balaban J connectivity index is 1.37. The van der Waals surface area contributed by atoms with Crippen LogP contribution in [0.5, 0.6) is 0 Å². The quantitative estimate of drug-likeness (QED) is 0.871. The van der Waals surface area contributed by atoms with Gasteiger partial charge < -0.3 is 15.1 Å². The molecule has 1 saturated carbocycles. The Morgan fingerprint density at radius 3 is 2.19 bits per heavy atom. The number of hydrogen-bond acceptors (Lipinski definition) is 3. The SMILES string of the molecule is O=C(NCCC(=O)N1CCN(C(=O)C2CCCC2)CC1)c1ccccc1. The lowest BCUT2D eigenvalue weighted by molar-refractivity contribution is -0.142. The third-order valence-corrected chi connectivity index (χ3v) is 5.31. The summed E-state index contributed by atoms with van der Waals surface area (Å²) in [4.78, 5) is 40.4. The number of nitrogens with zero attached hydrogens (tertiary/aromatic N) is 2. The zero-order valence-corrected chi connectivity index (χ0v) is 15.2. The average molecular weight is 357 g/mol. The Hall–Kier alpha value is -2.37. The number of carbonyl (C=O) groups is 3. The highest BCUT2D eigenvalue weighted by atomic mass is 16.2. The summed E-state index contributed by atoms with van der Waals surface area (Å²) in [5, 5.41) is 2.78. The summed E-state index contributed by atoms with van der Waals surface area (Å²) in [5.41, 5.74) is 0.596. The van der Waals surface area contributed by atoms with Crippen LogP contribution in [0.3, 0.4) is 0 Å². The van der Waals surface area contributed by atoms with Crippen LogP contribution in [0.15, 0.2) is 30.3 Å². The monoisotopic (exact) mass is 357 g/mol. The Morgan fingerprint density at radius 1 is 0.923 bits per heavy atom. The zero-order valence-electron chi connectivity index (χ0n) is 15.2. The normalized spacial score (nSPS) is 18.0. The van der Waals surface area contributed by atoms with Crippen LogP contribution in [0.1, 0.15) is 42.5 Å². The number of carbonyl (C=O) groups excluding carboxylic acids is 3. The minimum atomic E-state index is -0.162. The number of nitrogens with one attached hydrogen (secondary N) is 1. The molecule has 2 fully saturated rings. The maximum absolute atomic E-state index is 12.4. The molecule has 26 heavy (non-hydrogen) atoms. The van der Waals surface area contributed by atoms with Crippen molar-refractivity contribution in [2.75, 3.05) is 32.7 Å². The molecule has 1 aromatic rings. The van der Waals surface area contributed by atoms with Crippen molar-refractivity contribution in [2.24, 2.45) is 5.92 Å². The molecule has 1 aliphatic carbocycles. The van der Waals surface area contributed by atoms with Crippen molar-refractivity contribution >= 4 is 17.7 Å². The molecule has 2 aliphatic rings. The van der Waals surface area contributed by atoms with Crippen molar-refractivity contribution in [3.63, 3.8) is 0 Å². The van der Waals surface area contributed by atoms with Gasteiger partial charge in [0.2, 0.25) is 11.8 Å². The van der Waals surface area contributed by atoms with Gasteiger partial charge in [0.25, 0.3) is 5.91 Å². The maximum Gasteiger partial charge on any atom is 0.251 e. The van der Waals surface area contributed by atoms with E-state index < -0.39 is 0 Å². The van der Waals surface area contributed by atoms with E-state index in [1.54, 1.807) is 17.0 Å². The van der Waals surface area contributed by atoms with Gasteiger partial charge in [0.05, 0.1) is 0 Å². The van der Waals surface area contributed by atoms with E-state index in [2.05, 4.69) is 5.32 Å². The van der Waals surface area contributed by atoms with Crippen LogP contribution in [-0.2, 0) is 9.59 Å². The van der Waals surface area contributed by atoms with E-state index in [0.29, 0.717) is 38.3 Å². The predicted octanol–water partition coefficient (Wildman–Crippen LogP) is 1.67. The molecule has 1 saturated heterocycles. The lowest BCUT2D eigenvalue weighted by atomic mass is 10.1. The van der Waals surface area contributed by atoms with Gasteiger partial charge in [-0.3, -0.25) is 14.4 Å². The molecule has 1 aromatic carbocycles. The van der Waals surface area contributed by atoms with Crippen molar-refractivity contribution in [3.05, 3.63) is 35.9 Å². The number of rotatable bonds is 5. The Bertz CT molecular complexity index is 633. The number of piperazine rings is 1. The molecule has 0 aromatic heterocycles. The number of hydrogen-bond donors (Lipinski definition) is 1. The van der Waals surface area contributed by atoms with Crippen LogP contribution >= 0.6 is 0 Å². The second-order valence-corrected chi connectivity index (χ2v) is 7.06. The Labute approximate surface area is 154 Å². The van der Waals surface area contributed by atoms with Crippen molar-refractivity contribution in [1.29, 1.82) is 0 Å². The first-order chi connectivity index (χ1) is 12.6. The van der Waals surface area contributed by atoms with E-state index in [4.69, 9.17) is 0 Å². The largest absolute Gasteiger partial charge is 0.352 e. The minimum absolute atomic E-state index is 0.0336. The third kappa shape index (κ3) is 4.62. The van der Waals surface area contributed by atoms with Crippen molar-refractivity contribution < 1.29 is 14.4 Å². The summed E-state index contributed by atoms with van der Waals surface area (Å²) in [5.74, 6) is 0.340. The van der Waals surface area contributed by atoms with Crippen molar-refractivity contribution in [2.45, 2.75) is 32.1 Å². The Morgan fingerprint density at radius 2 is 1.54 bits per heavy atom. The number of amides is 3. The van der Waals surface area contributed by atoms with Crippen LogP contribution in [0.2, 0.25) is 0 Å². The smallest absolute Gasteiger partial charge is 0.251 e. The fourth-order valence-electron chi connectivity index (χ4n) is 3.74. The van der Waals surface area contributed by atoms with Gasteiger partial charge in [0.15, 0.2) is 0 Å². The van der Waals surface area contributed by atoms with Crippen LogP contribution in [-0.4, -0.2) is 60.2 Å². The van der Waals surface area contributed by atoms with Crippen LogP contribution in [0, 0.1) is 5.92 Å². The summed E-state index contributed by atoms with van der Waals surface area (Å²) in [6.07, 6.45) is 4.63. The van der Waals surface area contributed by atoms with E-state index in [1.165, 1.54) is 0 Å². The van der Waals surface area contributed by atoms with Gasteiger partial charge in [-0.15, -0.1) is 0 Å². The van der Waals surface area contributed by atoms with Gasteiger partial charge in [-0.25, -0.2) is 0 Å². The van der Waals surface area contributed by atoms with Gasteiger partial charge >= 0.3 is 0 Å². The second-order valence-electron chi connectivity index (χ2n) is 7.06. The van der Waals surface area contributed by atoms with E-state index in [9.17, 15) is 14.4 Å². The van der Waals surface area contributed by atoms with Crippen LogP contribution in [0.4, 0.5) is 0 Å². The van der Waals surface area contributed by atoms with Crippen molar-refractivity contribution in [3.8, 4) is 0 Å². The van der Waals surface area contributed by atoms with Gasteiger partial charge in [-0.1, -0.05) is 31.0 Å². The second kappa shape index (κ2) is 8.83. The summed E-state index contributed by atoms with van der Waals surface area (Å²) in [7, 11) is 0. The van der Waals surface area contributed by atoms with Gasteiger partial charge in [0.1, 0.15) is 0 Å². The highest BCUT2D eigenvalue weighted by molar-refractivity contribution is 5.94. The molecule has 0 bridgehead atoms. The Kier molecular flexibility index (Phi) is 6.26. The van der Waals surface area contributed by atoms with Gasteiger partial charge in [-0.2, -0.15) is 0 Å². The summed E-state index contributed by atoms with van der Waals surface area (Å²) < 4.78 is 0. The summed E-state index contributed by atoms with van der Waals surface area (Å²) in [6.45, 7) is 2.75. The molecular formula is C20H27N3O3. The molecule has 1 aliphatic heterocycles. The molecular weight excluding hydrogens is 330 g/mol. The molecule has 0 unspecified atom stereocenters. The van der Waals surface area contributed by atoms with Crippen LogP contribution in [0.25, 0.3) is 0 Å². The van der Waals surface area contributed by atoms with E-state index >= 15 is 0 Å². The fraction of sp³-hybridized carbons (Fsp3) is 0.550. The maximum atomic E-state index is 12.4. The minimum Gasteiger partial charge on any atom is -0.352 e. The molecule has 0 radical (unpaired) electrons. The first kappa shape index (κ1) is 18.4. The van der Waals surface area contributed by atoms with Crippen LogP contribution < -0.4 is 5.32 Å². The molecule has 6 heteroatoms. The van der Waals surface area contributed by atoms with Gasteiger partial charge in [-0.05, 0) is 25.0 Å². The lowest BCUT2D eigenvalue weighted by Gasteiger charge is -2.36. The lowest BCUT2D eigenvalue weighted by Crippen LogP contribution is -2.52. The standard InChI is InChI=1S/C20H27N3O3/c24-18(10-11-21-19(25)16-6-2-1-3-7-16)22-12-14-23(15-13-22)20(26)17-8-4-5-9-17/h1-3,6-7,17H,4-5,8-15H2,(H,21,25). The first-order valence-corrected chi connectivity index (χ1v) is 9.55. The zero-order chi connectivity index (χ0) is 18.4. The molecule has 0 atom stereocenters. The first-order valence-electron chi connectivity index (χ1n) is 9.55. The number of benzene rings is 1. The molecule has 6 nitrogen and oxygen atoms in total. The molecule has 140 valence electrons. The molecule has 1 heterocycles. The molecule has 3 rings (SSSR count). The summed E-state index contributed by atoms with van der Waals surface area (Å²) >= 11 is 0. The highest BCUT2D eigenvalue weighted by Crippen LogP contribution is 2.26. The highest BCUT2D eigenvalue weighted by Gasteiger charge is 2.30. The van der Waals surface area contributed by atoms with Crippen molar-refractivity contribution in [1.82, 2.24) is 15.1 Å². The summed E-state index contributed by atoms with van der Waals surface area (Å²) in [6, 6.07) is 8.98. The third-order valence-electron chi connectivity index (χ3n) is 5.31. The topological polar surface area (TPSA) is 69.7 Å².